The molecule has 0 amide bonds. The summed E-state index contributed by atoms with van der Waals surface area (Å²) in [5.41, 5.74) is 1.37. The summed E-state index contributed by atoms with van der Waals surface area (Å²) in [5.74, 6) is 2.10. The van der Waals surface area contributed by atoms with Crippen LogP contribution in [0.2, 0.25) is 0 Å². The Hall–Kier alpha value is -0.480. The topological polar surface area (TPSA) is 24.4 Å². The number of amidine groups is 1. The van der Waals surface area contributed by atoms with E-state index >= 15 is 0 Å². The lowest BCUT2D eigenvalue weighted by atomic mass is 9.86. The summed E-state index contributed by atoms with van der Waals surface area (Å²) in [5, 5.41) is 9.09. The highest BCUT2D eigenvalue weighted by atomic mass is 32.2. The predicted molar refractivity (Wildman–Crippen MR) is 81.5 cm³/mol. The van der Waals surface area contributed by atoms with Gasteiger partial charge in [0, 0.05) is 5.75 Å². The van der Waals surface area contributed by atoms with Gasteiger partial charge < -0.3 is 5.32 Å². The van der Waals surface area contributed by atoms with Crippen LogP contribution < -0.4 is 5.32 Å². The Balaban J connectivity index is 1.64. The van der Waals surface area contributed by atoms with Gasteiger partial charge in [-0.3, -0.25) is 4.99 Å². The molecular weight excluding hydrogens is 260 g/mol. The van der Waals surface area contributed by atoms with E-state index in [4.69, 9.17) is 4.99 Å². The van der Waals surface area contributed by atoms with Gasteiger partial charge in [-0.2, -0.15) is 11.3 Å². The SMILES string of the molecule is CC(NC1=NC2CCCCC2CS1)c1ccsc1. The highest BCUT2D eigenvalue weighted by molar-refractivity contribution is 8.13. The van der Waals surface area contributed by atoms with Crippen LogP contribution in [-0.4, -0.2) is 17.0 Å². The van der Waals surface area contributed by atoms with Crippen LogP contribution in [0, 0.1) is 5.92 Å². The number of aliphatic imine (C=N–C) groups is 1. The Kier molecular flexibility index (Phi) is 3.94. The summed E-state index contributed by atoms with van der Waals surface area (Å²) in [6, 6.07) is 3.17. The average Bonchev–Trinajstić information content (AvgIpc) is 2.92. The fourth-order valence-corrected chi connectivity index (χ4v) is 4.78. The molecule has 0 radical (unpaired) electrons. The third-order valence-electron chi connectivity index (χ3n) is 3.97. The molecule has 2 nitrogen and oxygen atoms in total. The molecule has 1 saturated carbocycles. The molecule has 98 valence electrons. The zero-order chi connectivity index (χ0) is 12.4. The van der Waals surface area contributed by atoms with Crippen molar-refractivity contribution in [1.82, 2.24) is 5.32 Å². The van der Waals surface area contributed by atoms with E-state index in [1.807, 2.05) is 11.8 Å². The van der Waals surface area contributed by atoms with Crippen molar-refractivity contribution in [2.24, 2.45) is 10.9 Å². The number of thioether (sulfide) groups is 1. The van der Waals surface area contributed by atoms with E-state index in [1.165, 1.54) is 37.0 Å². The van der Waals surface area contributed by atoms with Gasteiger partial charge in [-0.05, 0) is 48.1 Å². The summed E-state index contributed by atoms with van der Waals surface area (Å²) in [7, 11) is 0. The minimum Gasteiger partial charge on any atom is -0.358 e. The van der Waals surface area contributed by atoms with E-state index in [9.17, 15) is 0 Å². The molecule has 3 rings (SSSR count). The summed E-state index contributed by atoms with van der Waals surface area (Å²) in [6.07, 6.45) is 5.45. The largest absolute Gasteiger partial charge is 0.358 e. The first kappa shape index (κ1) is 12.5. The van der Waals surface area contributed by atoms with Crippen LogP contribution >= 0.6 is 23.1 Å². The number of hydrogen-bond donors (Lipinski definition) is 1. The normalized spacial score (nSPS) is 29.3. The zero-order valence-electron chi connectivity index (χ0n) is 10.8. The highest BCUT2D eigenvalue weighted by Gasteiger charge is 2.29. The Morgan fingerprint density at radius 1 is 1.39 bits per heavy atom. The van der Waals surface area contributed by atoms with E-state index in [-0.39, 0.29) is 0 Å². The number of rotatable bonds is 2. The maximum Gasteiger partial charge on any atom is 0.157 e. The monoisotopic (exact) mass is 280 g/mol. The molecule has 1 aromatic rings. The van der Waals surface area contributed by atoms with Crippen LogP contribution in [0.4, 0.5) is 0 Å². The minimum absolute atomic E-state index is 0.377. The van der Waals surface area contributed by atoms with Crippen molar-refractivity contribution in [1.29, 1.82) is 0 Å². The zero-order valence-corrected chi connectivity index (χ0v) is 12.4. The van der Waals surface area contributed by atoms with Gasteiger partial charge in [-0.1, -0.05) is 24.6 Å². The fraction of sp³-hybridized carbons (Fsp3) is 0.643. The molecule has 1 fully saturated rings. The third-order valence-corrected chi connectivity index (χ3v) is 5.76. The second-order valence-corrected chi connectivity index (χ2v) is 7.07. The van der Waals surface area contributed by atoms with Crippen molar-refractivity contribution >= 4 is 28.3 Å². The number of hydrogen-bond acceptors (Lipinski definition) is 4. The predicted octanol–water partition coefficient (Wildman–Crippen LogP) is 4.06. The number of nitrogens with zero attached hydrogens (tertiary/aromatic N) is 1. The average molecular weight is 280 g/mol. The van der Waals surface area contributed by atoms with E-state index in [0.29, 0.717) is 12.1 Å². The van der Waals surface area contributed by atoms with E-state index in [2.05, 4.69) is 29.1 Å². The van der Waals surface area contributed by atoms with Crippen LogP contribution in [-0.2, 0) is 0 Å². The lowest BCUT2D eigenvalue weighted by Crippen LogP contribution is -2.35. The first-order valence-electron chi connectivity index (χ1n) is 6.82. The molecule has 2 aliphatic rings. The molecule has 0 bridgehead atoms. The molecule has 1 aliphatic carbocycles. The molecule has 18 heavy (non-hydrogen) atoms. The van der Waals surface area contributed by atoms with Crippen LogP contribution in [0.25, 0.3) is 0 Å². The Bertz CT molecular complexity index is 413. The summed E-state index contributed by atoms with van der Waals surface area (Å²) < 4.78 is 0. The molecule has 2 heterocycles. The number of nitrogens with one attached hydrogen (secondary N) is 1. The van der Waals surface area contributed by atoms with Gasteiger partial charge in [0.1, 0.15) is 0 Å². The molecule has 0 spiro atoms. The molecule has 4 heteroatoms. The van der Waals surface area contributed by atoms with Crippen LogP contribution in [0.3, 0.4) is 0 Å². The third kappa shape index (κ3) is 2.75. The minimum atomic E-state index is 0.377. The van der Waals surface area contributed by atoms with E-state index < -0.39 is 0 Å². The van der Waals surface area contributed by atoms with Gasteiger partial charge in [0.15, 0.2) is 5.17 Å². The molecule has 3 atom stereocenters. The molecule has 1 N–H and O–H groups in total. The molecule has 0 aromatic carbocycles. The van der Waals surface area contributed by atoms with Crippen LogP contribution in [0.1, 0.15) is 44.2 Å². The van der Waals surface area contributed by atoms with Crippen molar-refractivity contribution in [3.63, 3.8) is 0 Å². The van der Waals surface area contributed by atoms with Crippen molar-refractivity contribution in [3.8, 4) is 0 Å². The second kappa shape index (κ2) is 5.66. The van der Waals surface area contributed by atoms with Crippen LogP contribution in [0.15, 0.2) is 21.8 Å². The van der Waals surface area contributed by atoms with Gasteiger partial charge in [0.25, 0.3) is 0 Å². The number of thiophene rings is 1. The number of fused-ring (bicyclic) bond motifs is 1. The molecule has 1 aliphatic heterocycles. The maximum atomic E-state index is 4.93. The quantitative estimate of drug-likeness (QED) is 0.883. The van der Waals surface area contributed by atoms with Crippen molar-refractivity contribution in [3.05, 3.63) is 22.4 Å². The molecule has 0 saturated heterocycles. The molecular formula is C14H20N2S2. The summed E-state index contributed by atoms with van der Waals surface area (Å²) in [4.78, 5) is 4.93. The lowest BCUT2D eigenvalue weighted by Gasteiger charge is -2.33. The van der Waals surface area contributed by atoms with Crippen molar-refractivity contribution in [2.75, 3.05) is 5.75 Å². The van der Waals surface area contributed by atoms with Gasteiger partial charge >= 0.3 is 0 Å². The summed E-state index contributed by atoms with van der Waals surface area (Å²) >= 11 is 3.68. The smallest absolute Gasteiger partial charge is 0.157 e. The first-order chi connectivity index (χ1) is 8.83. The van der Waals surface area contributed by atoms with Gasteiger partial charge in [0.05, 0.1) is 12.1 Å². The Labute approximate surface area is 117 Å². The van der Waals surface area contributed by atoms with E-state index in [1.54, 1.807) is 11.3 Å². The van der Waals surface area contributed by atoms with Crippen molar-refractivity contribution < 1.29 is 0 Å². The van der Waals surface area contributed by atoms with Gasteiger partial charge in [-0.15, -0.1) is 0 Å². The van der Waals surface area contributed by atoms with Crippen molar-refractivity contribution in [2.45, 2.75) is 44.7 Å². The van der Waals surface area contributed by atoms with Gasteiger partial charge in [-0.25, -0.2) is 0 Å². The lowest BCUT2D eigenvalue weighted by molar-refractivity contribution is 0.335. The van der Waals surface area contributed by atoms with E-state index in [0.717, 1.165) is 11.1 Å². The Morgan fingerprint density at radius 2 is 2.28 bits per heavy atom. The van der Waals surface area contributed by atoms with Gasteiger partial charge in [0.2, 0.25) is 0 Å². The molecule has 1 aromatic heterocycles. The highest BCUT2D eigenvalue weighted by Crippen LogP contribution is 2.34. The maximum absolute atomic E-state index is 4.93. The second-order valence-electron chi connectivity index (χ2n) is 5.28. The first-order valence-corrected chi connectivity index (χ1v) is 8.75. The standard InChI is InChI=1S/C14H20N2S2/c1-10(11-6-7-17-8-11)15-14-16-13-5-3-2-4-12(13)9-18-14/h6-8,10,12-13H,2-5,9H2,1H3,(H,15,16). The Morgan fingerprint density at radius 3 is 3.11 bits per heavy atom. The fourth-order valence-electron chi connectivity index (χ4n) is 2.80. The van der Waals surface area contributed by atoms with Crippen LogP contribution in [0.5, 0.6) is 0 Å². The summed E-state index contributed by atoms with van der Waals surface area (Å²) in [6.45, 7) is 2.22. The molecule has 3 unspecified atom stereocenters.